The number of benzene rings is 1. The second kappa shape index (κ2) is 6.14. The Morgan fingerprint density at radius 3 is 2.76 bits per heavy atom. The maximum atomic E-state index is 6.25. The Balaban J connectivity index is 1.85. The molecule has 0 saturated heterocycles. The number of fused-ring (bicyclic) bond motifs is 1. The molecule has 1 N–H and O–H groups in total. The Morgan fingerprint density at radius 1 is 1.24 bits per heavy atom. The SMILES string of the molecule is CSC1CCCCC1NC1c2cc(Cl)ccc2CC1(C)C. The molecule has 2 aliphatic carbocycles. The third-order valence-electron chi connectivity index (χ3n) is 5.23. The van der Waals surface area contributed by atoms with Crippen LogP contribution in [-0.2, 0) is 6.42 Å². The largest absolute Gasteiger partial charge is 0.306 e. The van der Waals surface area contributed by atoms with E-state index in [9.17, 15) is 0 Å². The van der Waals surface area contributed by atoms with Crippen LogP contribution in [0.5, 0.6) is 0 Å². The summed E-state index contributed by atoms with van der Waals surface area (Å²) in [5, 5.41) is 5.64. The zero-order chi connectivity index (χ0) is 15.0. The van der Waals surface area contributed by atoms with E-state index in [-0.39, 0.29) is 5.41 Å². The smallest absolute Gasteiger partial charge is 0.0409 e. The van der Waals surface area contributed by atoms with Gasteiger partial charge in [0.05, 0.1) is 0 Å². The van der Waals surface area contributed by atoms with Crippen LogP contribution in [0.25, 0.3) is 0 Å². The van der Waals surface area contributed by atoms with Gasteiger partial charge >= 0.3 is 0 Å². The van der Waals surface area contributed by atoms with Crippen molar-refractivity contribution in [2.75, 3.05) is 6.26 Å². The van der Waals surface area contributed by atoms with Crippen molar-refractivity contribution in [2.24, 2.45) is 5.41 Å². The van der Waals surface area contributed by atoms with Crippen molar-refractivity contribution in [2.45, 2.75) is 63.3 Å². The number of halogens is 1. The third kappa shape index (κ3) is 3.13. The summed E-state index contributed by atoms with van der Waals surface area (Å²) in [6.07, 6.45) is 8.83. The summed E-state index contributed by atoms with van der Waals surface area (Å²) in [7, 11) is 0. The summed E-state index contributed by atoms with van der Waals surface area (Å²) >= 11 is 8.28. The third-order valence-corrected chi connectivity index (χ3v) is 6.64. The Kier molecular flexibility index (Phi) is 4.59. The molecule has 0 bridgehead atoms. The van der Waals surface area contributed by atoms with Gasteiger partial charge in [-0.2, -0.15) is 11.8 Å². The molecule has 1 aromatic carbocycles. The van der Waals surface area contributed by atoms with Crippen LogP contribution in [0.1, 0.15) is 56.7 Å². The molecule has 3 rings (SSSR count). The van der Waals surface area contributed by atoms with Gasteiger partial charge in [0.1, 0.15) is 0 Å². The predicted molar refractivity (Wildman–Crippen MR) is 94.4 cm³/mol. The Labute approximate surface area is 138 Å². The van der Waals surface area contributed by atoms with E-state index in [0.29, 0.717) is 12.1 Å². The van der Waals surface area contributed by atoms with Crippen molar-refractivity contribution in [1.29, 1.82) is 0 Å². The van der Waals surface area contributed by atoms with E-state index in [2.05, 4.69) is 37.6 Å². The average Bonchev–Trinajstić information content (AvgIpc) is 2.70. The normalized spacial score (nSPS) is 31.1. The molecule has 0 heterocycles. The Morgan fingerprint density at radius 2 is 2.00 bits per heavy atom. The zero-order valence-electron chi connectivity index (χ0n) is 13.3. The molecule has 1 saturated carbocycles. The van der Waals surface area contributed by atoms with Crippen molar-refractivity contribution >= 4 is 23.4 Å². The summed E-state index contributed by atoms with van der Waals surface area (Å²) in [4.78, 5) is 0. The molecule has 3 unspecified atom stereocenters. The van der Waals surface area contributed by atoms with Crippen LogP contribution in [0.15, 0.2) is 18.2 Å². The van der Waals surface area contributed by atoms with Crippen molar-refractivity contribution in [3.8, 4) is 0 Å². The van der Waals surface area contributed by atoms with E-state index in [1.165, 1.54) is 36.8 Å². The first-order valence-corrected chi connectivity index (χ1v) is 9.75. The number of nitrogens with one attached hydrogen (secondary N) is 1. The fourth-order valence-electron chi connectivity index (χ4n) is 4.11. The minimum absolute atomic E-state index is 0.271. The molecule has 1 aromatic rings. The maximum absolute atomic E-state index is 6.25. The second-order valence-electron chi connectivity index (χ2n) is 7.27. The standard InChI is InChI=1S/C18H26ClNS/c1-18(2)11-12-8-9-13(19)10-14(12)17(18)20-15-6-4-5-7-16(15)21-3/h8-10,15-17,20H,4-7,11H2,1-3H3. The lowest BCUT2D eigenvalue weighted by molar-refractivity contribution is 0.229. The second-order valence-corrected chi connectivity index (χ2v) is 8.79. The van der Waals surface area contributed by atoms with Crippen molar-refractivity contribution < 1.29 is 0 Å². The van der Waals surface area contributed by atoms with Gasteiger partial charge in [0.25, 0.3) is 0 Å². The van der Waals surface area contributed by atoms with Crippen LogP contribution in [0.2, 0.25) is 5.02 Å². The highest BCUT2D eigenvalue weighted by molar-refractivity contribution is 7.99. The molecule has 2 aliphatic rings. The molecule has 3 atom stereocenters. The molecule has 0 radical (unpaired) electrons. The molecule has 0 aliphatic heterocycles. The highest BCUT2D eigenvalue weighted by atomic mass is 35.5. The number of rotatable bonds is 3. The Hall–Kier alpha value is -0.180. The van der Waals surface area contributed by atoms with Gasteiger partial charge in [0, 0.05) is 22.4 Å². The van der Waals surface area contributed by atoms with E-state index in [4.69, 9.17) is 11.6 Å². The van der Waals surface area contributed by atoms with Gasteiger partial charge in [-0.1, -0.05) is 44.4 Å². The summed E-state index contributed by atoms with van der Waals surface area (Å²) < 4.78 is 0. The molecule has 0 aromatic heterocycles. The van der Waals surface area contributed by atoms with E-state index in [1.54, 1.807) is 0 Å². The van der Waals surface area contributed by atoms with Crippen LogP contribution in [0.4, 0.5) is 0 Å². The average molecular weight is 324 g/mol. The van der Waals surface area contributed by atoms with Crippen LogP contribution >= 0.6 is 23.4 Å². The summed E-state index contributed by atoms with van der Waals surface area (Å²) in [6, 6.07) is 7.50. The van der Waals surface area contributed by atoms with E-state index < -0.39 is 0 Å². The van der Waals surface area contributed by atoms with Gasteiger partial charge in [-0.3, -0.25) is 0 Å². The molecule has 116 valence electrons. The van der Waals surface area contributed by atoms with Gasteiger partial charge in [-0.15, -0.1) is 0 Å². The highest BCUT2D eigenvalue weighted by Gasteiger charge is 2.41. The predicted octanol–water partition coefficient (Wildman–Crippen LogP) is 5.23. The molecule has 21 heavy (non-hydrogen) atoms. The lowest BCUT2D eigenvalue weighted by Gasteiger charge is -2.38. The molecule has 0 spiro atoms. The summed E-state index contributed by atoms with van der Waals surface area (Å²) in [5.74, 6) is 0. The molecular formula is C18H26ClNS. The van der Waals surface area contributed by atoms with E-state index >= 15 is 0 Å². The number of hydrogen-bond donors (Lipinski definition) is 1. The van der Waals surface area contributed by atoms with Crippen LogP contribution in [-0.4, -0.2) is 17.5 Å². The summed E-state index contributed by atoms with van der Waals surface area (Å²) in [5.41, 5.74) is 3.17. The van der Waals surface area contributed by atoms with E-state index in [0.717, 1.165) is 16.7 Å². The van der Waals surface area contributed by atoms with Gasteiger partial charge in [0.2, 0.25) is 0 Å². The van der Waals surface area contributed by atoms with Crippen molar-refractivity contribution in [3.05, 3.63) is 34.3 Å². The fraction of sp³-hybridized carbons (Fsp3) is 0.667. The van der Waals surface area contributed by atoms with Crippen molar-refractivity contribution in [1.82, 2.24) is 5.32 Å². The van der Waals surface area contributed by atoms with Crippen LogP contribution < -0.4 is 5.32 Å². The quantitative estimate of drug-likeness (QED) is 0.817. The molecule has 1 fully saturated rings. The maximum Gasteiger partial charge on any atom is 0.0409 e. The molecule has 1 nitrogen and oxygen atoms in total. The van der Waals surface area contributed by atoms with Gasteiger partial charge in [-0.05, 0) is 54.2 Å². The lowest BCUT2D eigenvalue weighted by Crippen LogP contribution is -2.45. The molecular weight excluding hydrogens is 298 g/mol. The lowest BCUT2D eigenvalue weighted by atomic mass is 9.83. The van der Waals surface area contributed by atoms with Crippen molar-refractivity contribution in [3.63, 3.8) is 0 Å². The number of hydrogen-bond acceptors (Lipinski definition) is 2. The van der Waals surface area contributed by atoms with Gasteiger partial charge in [0.15, 0.2) is 0 Å². The summed E-state index contributed by atoms with van der Waals surface area (Å²) in [6.45, 7) is 4.77. The van der Waals surface area contributed by atoms with Crippen LogP contribution in [0.3, 0.4) is 0 Å². The first kappa shape index (κ1) is 15.7. The topological polar surface area (TPSA) is 12.0 Å². The number of thioether (sulfide) groups is 1. The first-order chi connectivity index (χ1) is 10.0. The fourth-order valence-corrected chi connectivity index (χ4v) is 5.23. The van der Waals surface area contributed by atoms with Gasteiger partial charge in [-0.25, -0.2) is 0 Å². The minimum atomic E-state index is 0.271. The van der Waals surface area contributed by atoms with E-state index in [1.807, 2.05) is 17.8 Å². The minimum Gasteiger partial charge on any atom is -0.306 e. The first-order valence-electron chi connectivity index (χ1n) is 8.08. The highest BCUT2D eigenvalue weighted by Crippen LogP contribution is 2.47. The zero-order valence-corrected chi connectivity index (χ0v) is 14.9. The molecule has 0 amide bonds. The van der Waals surface area contributed by atoms with Crippen LogP contribution in [0, 0.1) is 5.41 Å². The Bertz CT molecular complexity index is 514. The molecule has 3 heteroatoms. The monoisotopic (exact) mass is 323 g/mol. The van der Waals surface area contributed by atoms with Gasteiger partial charge < -0.3 is 5.32 Å².